The zero-order valence-corrected chi connectivity index (χ0v) is 16.8. The van der Waals surface area contributed by atoms with Crippen molar-refractivity contribution in [2.75, 3.05) is 39.3 Å². The number of carbonyl (C=O) groups is 2. The van der Waals surface area contributed by atoms with Crippen LogP contribution in [0.4, 0.5) is 0 Å². The van der Waals surface area contributed by atoms with Crippen LogP contribution in [0.25, 0.3) is 11.0 Å². The van der Waals surface area contributed by atoms with Gasteiger partial charge in [0.25, 0.3) is 0 Å². The van der Waals surface area contributed by atoms with Crippen molar-refractivity contribution >= 4 is 22.8 Å². The van der Waals surface area contributed by atoms with Gasteiger partial charge in [-0.1, -0.05) is 12.1 Å². The predicted molar refractivity (Wildman–Crippen MR) is 108 cm³/mol. The molecule has 2 saturated heterocycles. The van der Waals surface area contributed by atoms with Crippen molar-refractivity contribution in [1.29, 1.82) is 0 Å². The molecule has 0 N–H and O–H groups in total. The number of aryl methyl sites for hydroxylation is 1. The molecule has 150 valence electrons. The Morgan fingerprint density at radius 2 is 1.64 bits per heavy atom. The van der Waals surface area contributed by atoms with Crippen molar-refractivity contribution in [3.8, 4) is 0 Å². The average molecular weight is 383 g/mol. The smallest absolute Gasteiger partial charge is 0.225 e. The molecule has 3 heterocycles. The molecule has 0 radical (unpaired) electrons. The summed E-state index contributed by atoms with van der Waals surface area (Å²) in [6.45, 7) is 6.91. The number of aromatic nitrogens is 2. The van der Waals surface area contributed by atoms with Crippen LogP contribution >= 0.6 is 0 Å². The minimum atomic E-state index is 0.0994. The van der Waals surface area contributed by atoms with Crippen molar-refractivity contribution in [3.05, 3.63) is 30.1 Å². The van der Waals surface area contributed by atoms with E-state index in [1.165, 1.54) is 0 Å². The lowest BCUT2D eigenvalue weighted by Crippen LogP contribution is -2.52. The second-order valence-corrected chi connectivity index (χ2v) is 7.96. The van der Waals surface area contributed by atoms with Gasteiger partial charge >= 0.3 is 0 Å². The summed E-state index contributed by atoms with van der Waals surface area (Å²) in [6.07, 6.45) is 1.80. The Hall–Kier alpha value is -2.41. The van der Waals surface area contributed by atoms with E-state index < -0.39 is 0 Å². The number of piperazine rings is 1. The lowest BCUT2D eigenvalue weighted by atomic mass is 9.95. The first-order valence-electron chi connectivity index (χ1n) is 10.2. The Bertz CT molecular complexity index is 861. The van der Waals surface area contributed by atoms with Crippen molar-refractivity contribution in [3.63, 3.8) is 0 Å². The second kappa shape index (κ2) is 7.91. The Balaban J connectivity index is 1.30. The van der Waals surface area contributed by atoms with Gasteiger partial charge in [0, 0.05) is 46.1 Å². The first-order chi connectivity index (χ1) is 13.5. The second-order valence-electron chi connectivity index (χ2n) is 7.96. The molecule has 2 aromatic rings. The Morgan fingerprint density at radius 3 is 2.29 bits per heavy atom. The summed E-state index contributed by atoms with van der Waals surface area (Å²) in [5.41, 5.74) is 2.20. The van der Waals surface area contributed by atoms with Gasteiger partial charge in [-0.25, -0.2) is 4.98 Å². The van der Waals surface area contributed by atoms with Crippen LogP contribution in [0.1, 0.15) is 25.6 Å². The highest BCUT2D eigenvalue weighted by Crippen LogP contribution is 2.23. The summed E-state index contributed by atoms with van der Waals surface area (Å²) in [6, 6.07) is 8.21. The number of amides is 2. The van der Waals surface area contributed by atoms with E-state index in [1.807, 2.05) is 21.9 Å². The summed E-state index contributed by atoms with van der Waals surface area (Å²) in [4.78, 5) is 35.3. The SMILES string of the molecule is CC(=O)N1CCN(C(=O)C2CCN(Cc3nc4ccccc4n3C)CC2)CC1. The molecule has 28 heavy (non-hydrogen) atoms. The summed E-state index contributed by atoms with van der Waals surface area (Å²) < 4.78 is 2.17. The lowest BCUT2D eigenvalue weighted by Gasteiger charge is -2.38. The van der Waals surface area contributed by atoms with Gasteiger partial charge in [0.15, 0.2) is 0 Å². The fraction of sp³-hybridized carbons (Fsp3) is 0.571. The van der Waals surface area contributed by atoms with Crippen LogP contribution in [0.15, 0.2) is 24.3 Å². The number of piperidine rings is 1. The van der Waals surface area contributed by atoms with E-state index in [-0.39, 0.29) is 17.7 Å². The molecule has 4 rings (SSSR count). The van der Waals surface area contributed by atoms with Crippen LogP contribution in [0, 0.1) is 5.92 Å². The van der Waals surface area contributed by atoms with Gasteiger partial charge in [0.2, 0.25) is 11.8 Å². The van der Waals surface area contributed by atoms with Gasteiger partial charge < -0.3 is 14.4 Å². The third-order valence-corrected chi connectivity index (χ3v) is 6.22. The molecule has 7 nitrogen and oxygen atoms in total. The summed E-state index contributed by atoms with van der Waals surface area (Å²) >= 11 is 0. The van der Waals surface area contributed by atoms with E-state index in [4.69, 9.17) is 4.98 Å². The van der Waals surface area contributed by atoms with Crippen LogP contribution in [0.3, 0.4) is 0 Å². The molecular formula is C21H29N5O2. The first kappa shape index (κ1) is 18.9. The summed E-state index contributed by atoms with van der Waals surface area (Å²) in [5, 5.41) is 0. The zero-order chi connectivity index (χ0) is 19.7. The van der Waals surface area contributed by atoms with Gasteiger partial charge in [-0.15, -0.1) is 0 Å². The molecule has 2 amide bonds. The largest absolute Gasteiger partial charge is 0.339 e. The van der Waals surface area contributed by atoms with Gasteiger partial charge in [-0.3, -0.25) is 14.5 Å². The van der Waals surface area contributed by atoms with Crippen molar-refractivity contribution in [2.45, 2.75) is 26.3 Å². The van der Waals surface area contributed by atoms with Crippen molar-refractivity contribution in [2.24, 2.45) is 13.0 Å². The summed E-state index contributed by atoms with van der Waals surface area (Å²) in [5.74, 6) is 1.56. The number of hydrogen-bond donors (Lipinski definition) is 0. The van der Waals surface area contributed by atoms with Crippen LogP contribution in [-0.2, 0) is 23.2 Å². The maximum atomic E-state index is 12.9. The Labute approximate surface area is 165 Å². The van der Waals surface area contributed by atoms with Crippen molar-refractivity contribution in [1.82, 2.24) is 24.3 Å². The highest BCUT2D eigenvalue weighted by molar-refractivity contribution is 5.80. The summed E-state index contributed by atoms with van der Waals surface area (Å²) in [7, 11) is 2.07. The molecule has 2 fully saturated rings. The van der Waals surface area contributed by atoms with Crippen LogP contribution in [-0.4, -0.2) is 75.3 Å². The van der Waals surface area contributed by atoms with E-state index >= 15 is 0 Å². The molecule has 2 aliphatic heterocycles. The molecule has 1 aromatic heterocycles. The fourth-order valence-corrected chi connectivity index (χ4v) is 4.37. The lowest BCUT2D eigenvalue weighted by molar-refractivity contribution is -0.142. The fourth-order valence-electron chi connectivity index (χ4n) is 4.37. The third kappa shape index (κ3) is 3.76. The van der Waals surface area contributed by atoms with Gasteiger partial charge in [0.1, 0.15) is 5.82 Å². The number of imidazole rings is 1. The van der Waals surface area contributed by atoms with Crippen LogP contribution in [0.5, 0.6) is 0 Å². The topological polar surface area (TPSA) is 61.7 Å². The number of hydrogen-bond acceptors (Lipinski definition) is 4. The zero-order valence-electron chi connectivity index (χ0n) is 16.8. The van der Waals surface area contributed by atoms with Gasteiger partial charge in [0.05, 0.1) is 17.6 Å². The maximum Gasteiger partial charge on any atom is 0.225 e. The number of fused-ring (bicyclic) bond motifs is 1. The van der Waals surface area contributed by atoms with E-state index in [9.17, 15) is 9.59 Å². The van der Waals surface area contributed by atoms with Crippen molar-refractivity contribution < 1.29 is 9.59 Å². The number of rotatable bonds is 3. The standard InChI is InChI=1S/C21H29N5O2/c1-16(27)25-11-13-26(14-12-25)21(28)17-7-9-24(10-8-17)15-20-22-18-5-3-4-6-19(18)23(20)2/h3-6,17H,7-15H2,1-2H3. The molecule has 0 unspecified atom stereocenters. The number of carbonyl (C=O) groups excluding carboxylic acids is 2. The molecule has 0 saturated carbocycles. The molecule has 2 aliphatic rings. The Kier molecular flexibility index (Phi) is 5.35. The Morgan fingerprint density at radius 1 is 1.00 bits per heavy atom. The number of benzene rings is 1. The van der Waals surface area contributed by atoms with E-state index in [0.29, 0.717) is 26.2 Å². The average Bonchev–Trinajstić information content (AvgIpc) is 3.04. The number of para-hydroxylation sites is 2. The normalized spacial score (nSPS) is 19.4. The minimum absolute atomic E-state index is 0.0994. The first-order valence-corrected chi connectivity index (χ1v) is 10.2. The van der Waals surface area contributed by atoms with Crippen LogP contribution < -0.4 is 0 Å². The predicted octanol–water partition coefficient (Wildman–Crippen LogP) is 1.48. The molecule has 0 spiro atoms. The van der Waals surface area contributed by atoms with Gasteiger partial charge in [-0.2, -0.15) is 0 Å². The van der Waals surface area contributed by atoms with E-state index in [0.717, 1.165) is 49.3 Å². The molecule has 0 bridgehead atoms. The highest BCUT2D eigenvalue weighted by atomic mass is 16.2. The van der Waals surface area contributed by atoms with Crippen LogP contribution in [0.2, 0.25) is 0 Å². The maximum absolute atomic E-state index is 12.9. The third-order valence-electron chi connectivity index (χ3n) is 6.22. The number of nitrogens with zero attached hydrogens (tertiary/aromatic N) is 5. The quantitative estimate of drug-likeness (QED) is 0.805. The molecular weight excluding hydrogens is 354 g/mol. The van der Waals surface area contributed by atoms with E-state index in [2.05, 4.69) is 28.6 Å². The molecule has 0 atom stereocenters. The van der Waals surface area contributed by atoms with Gasteiger partial charge in [-0.05, 0) is 38.1 Å². The van der Waals surface area contributed by atoms with E-state index in [1.54, 1.807) is 6.92 Å². The molecule has 0 aliphatic carbocycles. The monoisotopic (exact) mass is 383 g/mol. The minimum Gasteiger partial charge on any atom is -0.339 e. The highest BCUT2D eigenvalue weighted by Gasteiger charge is 2.31. The molecule has 7 heteroatoms. The molecule has 1 aromatic carbocycles. The number of likely N-dealkylation sites (tertiary alicyclic amines) is 1.